The zero-order valence-electron chi connectivity index (χ0n) is 13.5. The van der Waals surface area contributed by atoms with Crippen molar-refractivity contribution >= 4 is 5.91 Å². The van der Waals surface area contributed by atoms with Crippen molar-refractivity contribution in [1.29, 1.82) is 0 Å². The van der Waals surface area contributed by atoms with Gasteiger partial charge in [-0.05, 0) is 25.3 Å². The van der Waals surface area contributed by atoms with E-state index in [0.717, 1.165) is 44.6 Å². The number of carbonyl (C=O) groups excluding carboxylic acids is 1. The van der Waals surface area contributed by atoms with Gasteiger partial charge in [-0.25, -0.2) is 0 Å². The third-order valence-corrected chi connectivity index (χ3v) is 4.19. The fourth-order valence-electron chi connectivity index (χ4n) is 3.05. The third-order valence-electron chi connectivity index (χ3n) is 4.19. The van der Waals surface area contributed by atoms with Gasteiger partial charge in [-0.2, -0.15) is 10.1 Å². The zero-order chi connectivity index (χ0) is 16.1. The van der Waals surface area contributed by atoms with Crippen LogP contribution in [0.15, 0.2) is 23.0 Å². The first kappa shape index (κ1) is 15.7. The second-order valence-electron chi connectivity index (χ2n) is 5.97. The molecule has 0 radical (unpaired) electrons. The van der Waals surface area contributed by atoms with Crippen LogP contribution in [0.5, 0.6) is 0 Å². The summed E-state index contributed by atoms with van der Waals surface area (Å²) in [5.74, 6) is 1.45. The lowest BCUT2D eigenvalue weighted by Crippen LogP contribution is -2.38. The molecule has 7 heteroatoms. The van der Waals surface area contributed by atoms with Gasteiger partial charge >= 0.3 is 0 Å². The van der Waals surface area contributed by atoms with E-state index in [1.165, 1.54) is 0 Å². The predicted octanol–water partition coefficient (Wildman–Crippen LogP) is 1.84. The quantitative estimate of drug-likeness (QED) is 0.779. The molecule has 124 valence electrons. The van der Waals surface area contributed by atoms with Crippen molar-refractivity contribution in [3.05, 3.63) is 30.2 Å². The molecule has 2 aromatic rings. The first-order chi connectivity index (χ1) is 11.3. The molecule has 23 heavy (non-hydrogen) atoms. The molecule has 0 bridgehead atoms. The molecule has 0 aromatic carbocycles. The number of hydrogen-bond acceptors (Lipinski definition) is 5. The van der Waals surface area contributed by atoms with Crippen LogP contribution in [0.1, 0.15) is 44.3 Å². The Kier molecular flexibility index (Phi) is 5.05. The van der Waals surface area contributed by atoms with Crippen LogP contribution in [0.2, 0.25) is 0 Å². The minimum Gasteiger partial charge on any atom is -0.339 e. The van der Waals surface area contributed by atoms with Crippen LogP contribution < -0.4 is 0 Å². The van der Waals surface area contributed by atoms with Gasteiger partial charge in [-0.3, -0.25) is 9.48 Å². The minimum atomic E-state index is 0.162. The van der Waals surface area contributed by atoms with Crippen molar-refractivity contribution in [3.63, 3.8) is 0 Å². The normalized spacial score (nSPS) is 17.8. The van der Waals surface area contributed by atoms with Gasteiger partial charge in [0.1, 0.15) is 0 Å². The van der Waals surface area contributed by atoms with Gasteiger partial charge in [-0.1, -0.05) is 12.1 Å². The number of aromatic nitrogens is 4. The molecule has 1 unspecified atom stereocenters. The molecule has 1 fully saturated rings. The fraction of sp³-hybridized carbons (Fsp3) is 0.625. The smallest absolute Gasteiger partial charge is 0.227 e. The minimum absolute atomic E-state index is 0.162. The predicted molar refractivity (Wildman–Crippen MR) is 83.6 cm³/mol. The molecule has 7 nitrogen and oxygen atoms in total. The van der Waals surface area contributed by atoms with Crippen LogP contribution in [0, 0.1) is 0 Å². The SMILES string of the molecule is CCCc1noc(CCC(=O)N2CCCC2Cn2cccn2)n1. The molecule has 2 aromatic heterocycles. The number of rotatable bonds is 7. The Labute approximate surface area is 135 Å². The number of carbonyl (C=O) groups is 1. The maximum atomic E-state index is 12.5. The molecule has 0 aliphatic carbocycles. The Morgan fingerprint density at radius 1 is 1.43 bits per heavy atom. The van der Waals surface area contributed by atoms with Crippen LogP contribution in [0.3, 0.4) is 0 Å². The van der Waals surface area contributed by atoms with Gasteiger partial charge < -0.3 is 9.42 Å². The summed E-state index contributed by atoms with van der Waals surface area (Å²) in [7, 11) is 0. The molecule has 0 N–H and O–H groups in total. The van der Waals surface area contributed by atoms with E-state index >= 15 is 0 Å². The Hall–Kier alpha value is -2.18. The third kappa shape index (κ3) is 3.97. The molecule has 1 saturated heterocycles. The Morgan fingerprint density at radius 3 is 3.13 bits per heavy atom. The van der Waals surface area contributed by atoms with Gasteiger partial charge in [0.15, 0.2) is 5.82 Å². The zero-order valence-corrected chi connectivity index (χ0v) is 13.5. The van der Waals surface area contributed by atoms with E-state index in [2.05, 4.69) is 22.2 Å². The summed E-state index contributed by atoms with van der Waals surface area (Å²) in [4.78, 5) is 18.8. The van der Waals surface area contributed by atoms with Crippen molar-refractivity contribution in [1.82, 2.24) is 24.8 Å². The van der Waals surface area contributed by atoms with Crippen LogP contribution in [0.25, 0.3) is 0 Å². The largest absolute Gasteiger partial charge is 0.339 e. The van der Waals surface area contributed by atoms with E-state index in [9.17, 15) is 4.79 Å². The first-order valence-electron chi connectivity index (χ1n) is 8.34. The van der Waals surface area contributed by atoms with Crippen LogP contribution in [-0.4, -0.2) is 43.3 Å². The number of likely N-dealkylation sites (tertiary alicyclic amines) is 1. The molecule has 0 spiro atoms. The lowest BCUT2D eigenvalue weighted by atomic mass is 10.2. The van der Waals surface area contributed by atoms with Crippen LogP contribution in [-0.2, 0) is 24.2 Å². The first-order valence-corrected chi connectivity index (χ1v) is 8.34. The topological polar surface area (TPSA) is 77.0 Å². The summed E-state index contributed by atoms with van der Waals surface area (Å²) in [6.07, 6.45) is 8.53. The van der Waals surface area contributed by atoms with Crippen molar-refractivity contribution in [2.24, 2.45) is 0 Å². The van der Waals surface area contributed by atoms with E-state index in [1.54, 1.807) is 6.20 Å². The number of amides is 1. The average Bonchev–Trinajstić information content (AvgIpc) is 3.27. The fourth-order valence-corrected chi connectivity index (χ4v) is 3.05. The highest BCUT2D eigenvalue weighted by atomic mass is 16.5. The summed E-state index contributed by atoms with van der Waals surface area (Å²) in [6, 6.07) is 2.14. The number of nitrogens with zero attached hydrogens (tertiary/aromatic N) is 5. The maximum absolute atomic E-state index is 12.5. The lowest BCUT2D eigenvalue weighted by molar-refractivity contribution is -0.132. The molecular weight excluding hydrogens is 294 g/mol. The van der Waals surface area contributed by atoms with Gasteiger partial charge in [-0.15, -0.1) is 0 Å². The summed E-state index contributed by atoms with van der Waals surface area (Å²) in [5.41, 5.74) is 0. The molecule has 0 saturated carbocycles. The molecule has 1 amide bonds. The molecular formula is C16H23N5O2. The highest BCUT2D eigenvalue weighted by Crippen LogP contribution is 2.20. The van der Waals surface area contributed by atoms with Crippen molar-refractivity contribution in [3.8, 4) is 0 Å². The monoisotopic (exact) mass is 317 g/mol. The Morgan fingerprint density at radius 2 is 2.35 bits per heavy atom. The lowest BCUT2D eigenvalue weighted by Gasteiger charge is -2.24. The van der Waals surface area contributed by atoms with Crippen molar-refractivity contribution in [2.75, 3.05) is 6.54 Å². The summed E-state index contributed by atoms with van der Waals surface area (Å²) in [6.45, 7) is 3.67. The highest BCUT2D eigenvalue weighted by molar-refractivity contribution is 5.77. The molecule has 3 heterocycles. The highest BCUT2D eigenvalue weighted by Gasteiger charge is 2.29. The average molecular weight is 317 g/mol. The van der Waals surface area contributed by atoms with Crippen molar-refractivity contribution < 1.29 is 9.32 Å². The second kappa shape index (κ2) is 7.39. The summed E-state index contributed by atoms with van der Waals surface area (Å²) < 4.78 is 7.09. The van der Waals surface area contributed by atoms with Gasteiger partial charge in [0.2, 0.25) is 11.8 Å². The molecule has 1 atom stereocenters. The second-order valence-corrected chi connectivity index (χ2v) is 5.97. The van der Waals surface area contributed by atoms with Crippen molar-refractivity contribution in [2.45, 2.75) is 58.0 Å². The Balaban J connectivity index is 1.52. The number of aryl methyl sites for hydroxylation is 2. The van der Waals surface area contributed by atoms with Gasteiger partial charge in [0, 0.05) is 38.2 Å². The summed E-state index contributed by atoms with van der Waals surface area (Å²) in [5, 5.41) is 8.16. The molecule has 1 aliphatic heterocycles. The van der Waals surface area contributed by atoms with E-state index in [4.69, 9.17) is 4.52 Å². The van der Waals surface area contributed by atoms with E-state index in [0.29, 0.717) is 18.7 Å². The van der Waals surface area contributed by atoms with Gasteiger partial charge in [0.05, 0.1) is 12.6 Å². The van der Waals surface area contributed by atoms with E-state index in [1.807, 2.05) is 21.8 Å². The van der Waals surface area contributed by atoms with Crippen LogP contribution in [0.4, 0.5) is 0 Å². The van der Waals surface area contributed by atoms with E-state index in [-0.39, 0.29) is 11.9 Å². The Bertz CT molecular complexity index is 622. The van der Waals surface area contributed by atoms with E-state index < -0.39 is 0 Å². The van der Waals surface area contributed by atoms with Gasteiger partial charge in [0.25, 0.3) is 0 Å². The molecule has 3 rings (SSSR count). The maximum Gasteiger partial charge on any atom is 0.227 e. The number of hydrogen-bond donors (Lipinski definition) is 0. The standard InChI is InChI=1S/C16H23N5O2/c1-2-5-14-18-15(23-19-14)7-8-16(22)21-11-3-6-13(21)12-20-10-4-9-17-20/h4,9-10,13H,2-3,5-8,11-12H2,1H3. The molecule has 1 aliphatic rings. The summed E-state index contributed by atoms with van der Waals surface area (Å²) >= 11 is 0. The van der Waals surface area contributed by atoms with Crippen LogP contribution >= 0.6 is 0 Å².